The lowest BCUT2D eigenvalue weighted by Gasteiger charge is -2.09. The summed E-state index contributed by atoms with van der Waals surface area (Å²) in [7, 11) is 0. The zero-order chi connectivity index (χ0) is 13.0. The Morgan fingerprint density at radius 2 is 2.39 bits per heavy atom. The van der Waals surface area contributed by atoms with Gasteiger partial charge in [0, 0.05) is 24.3 Å². The van der Waals surface area contributed by atoms with Crippen LogP contribution in [0.3, 0.4) is 0 Å². The van der Waals surface area contributed by atoms with E-state index in [9.17, 15) is 9.90 Å². The van der Waals surface area contributed by atoms with Gasteiger partial charge in [-0.05, 0) is 37.0 Å². The summed E-state index contributed by atoms with van der Waals surface area (Å²) in [4.78, 5) is 11.9. The van der Waals surface area contributed by atoms with E-state index in [4.69, 9.17) is 0 Å². The third kappa shape index (κ3) is 3.01. The standard InChI is InChI=1S/C14H20N2O2/c1-2-12(17)6-8-16-14(18)11-4-3-10-5-7-15-13(10)9-11/h3-4,9,12,15,17H,2,5-8H2,1H3,(H,16,18). The maximum Gasteiger partial charge on any atom is 0.251 e. The zero-order valence-electron chi connectivity index (χ0n) is 10.7. The Labute approximate surface area is 107 Å². The Morgan fingerprint density at radius 1 is 1.56 bits per heavy atom. The van der Waals surface area contributed by atoms with E-state index in [0.717, 1.165) is 25.1 Å². The third-order valence-corrected chi connectivity index (χ3v) is 3.32. The molecule has 0 spiro atoms. The van der Waals surface area contributed by atoms with Gasteiger partial charge in [0.05, 0.1) is 6.10 Å². The number of fused-ring (bicyclic) bond motifs is 1. The van der Waals surface area contributed by atoms with E-state index in [2.05, 4.69) is 10.6 Å². The highest BCUT2D eigenvalue weighted by molar-refractivity contribution is 5.95. The van der Waals surface area contributed by atoms with Crippen LogP contribution < -0.4 is 10.6 Å². The zero-order valence-corrected chi connectivity index (χ0v) is 10.7. The Balaban J connectivity index is 1.89. The summed E-state index contributed by atoms with van der Waals surface area (Å²) in [6.45, 7) is 3.39. The Kier molecular flexibility index (Phi) is 4.20. The van der Waals surface area contributed by atoms with Crippen LogP contribution in [0.4, 0.5) is 5.69 Å². The first-order chi connectivity index (χ1) is 8.70. The number of carbonyl (C=O) groups excluding carboxylic acids is 1. The predicted octanol–water partition coefficient (Wildman–Crippen LogP) is 1.55. The molecule has 1 aliphatic heterocycles. The minimum absolute atomic E-state index is 0.0743. The topological polar surface area (TPSA) is 61.4 Å². The van der Waals surface area contributed by atoms with E-state index < -0.39 is 0 Å². The van der Waals surface area contributed by atoms with Crippen LogP contribution in [0.1, 0.15) is 35.7 Å². The highest BCUT2D eigenvalue weighted by Gasteiger charge is 2.13. The van der Waals surface area contributed by atoms with Crippen LogP contribution in [0.2, 0.25) is 0 Å². The summed E-state index contributed by atoms with van der Waals surface area (Å²) < 4.78 is 0. The van der Waals surface area contributed by atoms with Gasteiger partial charge >= 0.3 is 0 Å². The molecule has 1 aliphatic rings. The lowest BCUT2D eigenvalue weighted by Crippen LogP contribution is -2.27. The molecule has 0 bridgehead atoms. The molecule has 1 aromatic rings. The van der Waals surface area contributed by atoms with Gasteiger partial charge in [-0.15, -0.1) is 0 Å². The summed E-state index contributed by atoms with van der Waals surface area (Å²) in [5, 5.41) is 15.5. The molecule has 1 amide bonds. The molecule has 0 radical (unpaired) electrons. The lowest BCUT2D eigenvalue weighted by molar-refractivity contribution is 0.0942. The monoisotopic (exact) mass is 248 g/mol. The molecule has 3 N–H and O–H groups in total. The Hall–Kier alpha value is -1.55. The summed E-state index contributed by atoms with van der Waals surface area (Å²) in [5.74, 6) is -0.0743. The number of hydrogen-bond acceptors (Lipinski definition) is 3. The van der Waals surface area contributed by atoms with Crippen molar-refractivity contribution in [1.29, 1.82) is 0 Å². The summed E-state index contributed by atoms with van der Waals surface area (Å²) >= 11 is 0. The van der Waals surface area contributed by atoms with Gasteiger partial charge in [0.25, 0.3) is 5.91 Å². The van der Waals surface area contributed by atoms with Crippen molar-refractivity contribution in [1.82, 2.24) is 5.32 Å². The molecule has 0 aliphatic carbocycles. The summed E-state index contributed by atoms with van der Waals surface area (Å²) in [6, 6.07) is 5.76. The van der Waals surface area contributed by atoms with E-state index in [1.54, 1.807) is 0 Å². The van der Waals surface area contributed by atoms with Crippen LogP contribution in [-0.2, 0) is 6.42 Å². The Bertz CT molecular complexity index is 432. The van der Waals surface area contributed by atoms with E-state index in [-0.39, 0.29) is 12.0 Å². The first-order valence-corrected chi connectivity index (χ1v) is 6.53. The molecule has 1 atom stereocenters. The van der Waals surface area contributed by atoms with Crippen molar-refractivity contribution in [2.24, 2.45) is 0 Å². The van der Waals surface area contributed by atoms with Gasteiger partial charge in [-0.2, -0.15) is 0 Å². The second-order valence-corrected chi connectivity index (χ2v) is 4.66. The molecule has 18 heavy (non-hydrogen) atoms. The second kappa shape index (κ2) is 5.87. The van der Waals surface area contributed by atoms with Crippen molar-refractivity contribution in [3.05, 3.63) is 29.3 Å². The van der Waals surface area contributed by atoms with E-state index in [1.807, 2.05) is 25.1 Å². The normalized spacial score (nSPS) is 14.8. The SMILES string of the molecule is CCC(O)CCNC(=O)c1ccc2c(c1)NCC2. The molecule has 1 heterocycles. The number of rotatable bonds is 5. The number of amides is 1. The molecular weight excluding hydrogens is 228 g/mol. The average molecular weight is 248 g/mol. The number of carbonyl (C=O) groups is 1. The van der Waals surface area contributed by atoms with Crippen molar-refractivity contribution < 1.29 is 9.90 Å². The quantitative estimate of drug-likeness (QED) is 0.741. The molecule has 1 unspecified atom stereocenters. The minimum Gasteiger partial charge on any atom is -0.393 e. The Morgan fingerprint density at radius 3 is 3.17 bits per heavy atom. The van der Waals surface area contributed by atoms with Crippen molar-refractivity contribution >= 4 is 11.6 Å². The van der Waals surface area contributed by atoms with Gasteiger partial charge in [0.2, 0.25) is 0 Å². The molecule has 98 valence electrons. The highest BCUT2D eigenvalue weighted by Crippen LogP contribution is 2.23. The fourth-order valence-corrected chi connectivity index (χ4v) is 2.09. The van der Waals surface area contributed by atoms with Crippen molar-refractivity contribution in [2.75, 3.05) is 18.4 Å². The van der Waals surface area contributed by atoms with E-state index in [1.165, 1.54) is 5.56 Å². The number of benzene rings is 1. The number of aliphatic hydroxyl groups is 1. The highest BCUT2D eigenvalue weighted by atomic mass is 16.3. The fraction of sp³-hybridized carbons (Fsp3) is 0.500. The van der Waals surface area contributed by atoms with Gasteiger partial charge in [0.1, 0.15) is 0 Å². The van der Waals surface area contributed by atoms with Crippen LogP contribution in [0.5, 0.6) is 0 Å². The molecule has 1 aromatic carbocycles. The number of aliphatic hydroxyl groups excluding tert-OH is 1. The van der Waals surface area contributed by atoms with Crippen LogP contribution in [0, 0.1) is 0 Å². The number of anilines is 1. The van der Waals surface area contributed by atoms with Crippen LogP contribution in [0.25, 0.3) is 0 Å². The molecule has 4 heteroatoms. The maximum atomic E-state index is 11.9. The van der Waals surface area contributed by atoms with Gasteiger partial charge < -0.3 is 15.7 Å². The first kappa shape index (κ1) is 12.9. The largest absolute Gasteiger partial charge is 0.393 e. The second-order valence-electron chi connectivity index (χ2n) is 4.66. The van der Waals surface area contributed by atoms with Crippen LogP contribution >= 0.6 is 0 Å². The molecule has 0 saturated carbocycles. The van der Waals surface area contributed by atoms with Gasteiger partial charge in [-0.1, -0.05) is 13.0 Å². The molecule has 4 nitrogen and oxygen atoms in total. The smallest absolute Gasteiger partial charge is 0.251 e. The summed E-state index contributed by atoms with van der Waals surface area (Å²) in [5.41, 5.74) is 3.01. The first-order valence-electron chi connectivity index (χ1n) is 6.53. The van der Waals surface area contributed by atoms with Crippen molar-refractivity contribution in [3.8, 4) is 0 Å². The van der Waals surface area contributed by atoms with Crippen molar-refractivity contribution in [3.63, 3.8) is 0 Å². The molecule has 2 rings (SSSR count). The fourth-order valence-electron chi connectivity index (χ4n) is 2.09. The van der Waals surface area contributed by atoms with Gasteiger partial charge in [0.15, 0.2) is 0 Å². The van der Waals surface area contributed by atoms with Gasteiger partial charge in [-0.3, -0.25) is 4.79 Å². The van der Waals surface area contributed by atoms with Gasteiger partial charge in [-0.25, -0.2) is 0 Å². The van der Waals surface area contributed by atoms with E-state index in [0.29, 0.717) is 18.5 Å². The maximum absolute atomic E-state index is 11.9. The van der Waals surface area contributed by atoms with Crippen LogP contribution in [0.15, 0.2) is 18.2 Å². The molecule has 0 aromatic heterocycles. The third-order valence-electron chi connectivity index (χ3n) is 3.32. The minimum atomic E-state index is -0.327. The van der Waals surface area contributed by atoms with Crippen LogP contribution in [-0.4, -0.2) is 30.2 Å². The molecular formula is C14H20N2O2. The molecule has 0 saturated heterocycles. The lowest BCUT2D eigenvalue weighted by atomic mass is 10.1. The number of hydrogen-bond donors (Lipinski definition) is 3. The predicted molar refractivity (Wildman–Crippen MR) is 71.9 cm³/mol. The molecule has 0 fully saturated rings. The average Bonchev–Trinajstić information content (AvgIpc) is 2.85. The van der Waals surface area contributed by atoms with E-state index >= 15 is 0 Å². The number of nitrogens with one attached hydrogen (secondary N) is 2. The van der Waals surface area contributed by atoms with Crippen molar-refractivity contribution in [2.45, 2.75) is 32.3 Å². The summed E-state index contributed by atoms with van der Waals surface area (Å²) in [6.07, 6.45) is 2.02.